The van der Waals surface area contributed by atoms with Crippen LogP contribution >= 0.6 is 0 Å². The van der Waals surface area contributed by atoms with E-state index in [2.05, 4.69) is 94.8 Å². The topological polar surface area (TPSA) is 29.0 Å². The van der Waals surface area contributed by atoms with Crippen molar-refractivity contribution in [1.29, 1.82) is 0 Å². The van der Waals surface area contributed by atoms with Crippen LogP contribution in [0.4, 0.5) is 17.1 Å². The van der Waals surface area contributed by atoms with Gasteiger partial charge in [-0.3, -0.25) is 9.97 Å². The standard InChI is InChI=1S/C32H21N3/c1-2-9-24(10-3-1)35(25-11-6-18-33-20-25)26-15-17-31(34-21-26)23-14-16-27-28-12-4-7-22-8-5-13-29(32(22)28)30(27)19-23/h1-21H. The molecule has 0 bridgehead atoms. The fourth-order valence-electron chi connectivity index (χ4n) is 5.15. The highest BCUT2D eigenvalue weighted by molar-refractivity contribution is 6.15. The van der Waals surface area contributed by atoms with E-state index in [1.165, 1.54) is 33.0 Å². The zero-order chi connectivity index (χ0) is 23.2. The van der Waals surface area contributed by atoms with Gasteiger partial charge in [0.15, 0.2) is 0 Å². The van der Waals surface area contributed by atoms with E-state index in [9.17, 15) is 0 Å². The molecule has 0 aliphatic heterocycles. The minimum atomic E-state index is 0.957. The number of pyridine rings is 2. The van der Waals surface area contributed by atoms with Crippen molar-refractivity contribution in [1.82, 2.24) is 9.97 Å². The molecule has 0 fully saturated rings. The number of hydrogen-bond donors (Lipinski definition) is 0. The van der Waals surface area contributed by atoms with Crippen molar-refractivity contribution in [2.45, 2.75) is 0 Å². The summed E-state index contributed by atoms with van der Waals surface area (Å²) in [6, 6.07) is 38.4. The monoisotopic (exact) mass is 447 g/mol. The van der Waals surface area contributed by atoms with Crippen LogP contribution in [0.2, 0.25) is 0 Å². The molecule has 0 spiro atoms. The Balaban J connectivity index is 1.29. The van der Waals surface area contributed by atoms with E-state index in [1.54, 1.807) is 6.20 Å². The maximum atomic E-state index is 4.88. The van der Waals surface area contributed by atoms with Gasteiger partial charge in [0.2, 0.25) is 0 Å². The summed E-state index contributed by atoms with van der Waals surface area (Å²) in [6.07, 6.45) is 5.61. The van der Waals surface area contributed by atoms with Crippen LogP contribution in [0.1, 0.15) is 0 Å². The van der Waals surface area contributed by atoms with E-state index in [0.29, 0.717) is 0 Å². The van der Waals surface area contributed by atoms with E-state index in [4.69, 9.17) is 4.98 Å². The molecule has 0 saturated carbocycles. The summed E-state index contributed by atoms with van der Waals surface area (Å²) < 4.78 is 0. The van der Waals surface area contributed by atoms with Crippen molar-refractivity contribution in [3.8, 4) is 33.5 Å². The number of hydrogen-bond acceptors (Lipinski definition) is 3. The van der Waals surface area contributed by atoms with Crippen molar-refractivity contribution >= 4 is 27.8 Å². The first-order valence-electron chi connectivity index (χ1n) is 11.7. The molecule has 0 unspecified atom stereocenters. The molecule has 0 amide bonds. The van der Waals surface area contributed by atoms with E-state index in [1.807, 2.05) is 36.7 Å². The smallest absolute Gasteiger partial charge is 0.0703 e. The molecule has 2 heterocycles. The first-order chi connectivity index (χ1) is 17.4. The lowest BCUT2D eigenvalue weighted by Gasteiger charge is -2.24. The highest BCUT2D eigenvalue weighted by Crippen LogP contribution is 2.48. The second kappa shape index (κ2) is 7.93. The molecule has 0 atom stereocenters. The van der Waals surface area contributed by atoms with Crippen LogP contribution in [-0.4, -0.2) is 9.97 Å². The number of para-hydroxylation sites is 1. The number of aromatic nitrogens is 2. The summed E-state index contributed by atoms with van der Waals surface area (Å²) in [5.74, 6) is 0. The number of nitrogens with zero attached hydrogens (tertiary/aromatic N) is 3. The van der Waals surface area contributed by atoms with Gasteiger partial charge in [-0.2, -0.15) is 0 Å². The molecule has 35 heavy (non-hydrogen) atoms. The number of rotatable bonds is 4. The van der Waals surface area contributed by atoms with Gasteiger partial charge < -0.3 is 4.90 Å². The van der Waals surface area contributed by atoms with E-state index >= 15 is 0 Å². The third-order valence-electron chi connectivity index (χ3n) is 6.72. The summed E-state index contributed by atoms with van der Waals surface area (Å²) in [6.45, 7) is 0. The van der Waals surface area contributed by atoms with Gasteiger partial charge in [0, 0.05) is 17.4 Å². The van der Waals surface area contributed by atoms with Gasteiger partial charge in [-0.15, -0.1) is 0 Å². The Morgan fingerprint density at radius 3 is 2.03 bits per heavy atom. The average molecular weight is 448 g/mol. The largest absolute Gasteiger partial charge is 0.307 e. The first kappa shape index (κ1) is 19.7. The van der Waals surface area contributed by atoms with Gasteiger partial charge in [0.25, 0.3) is 0 Å². The normalized spacial score (nSPS) is 11.4. The second-order valence-electron chi connectivity index (χ2n) is 8.75. The molecule has 6 aromatic rings. The van der Waals surface area contributed by atoms with Gasteiger partial charge in [-0.25, -0.2) is 0 Å². The Bertz CT molecular complexity index is 1630. The Hall–Kier alpha value is -4.76. The van der Waals surface area contributed by atoms with Crippen LogP contribution in [-0.2, 0) is 0 Å². The van der Waals surface area contributed by atoms with Crippen molar-refractivity contribution in [3.05, 3.63) is 128 Å². The molecule has 0 N–H and O–H groups in total. The lowest BCUT2D eigenvalue weighted by molar-refractivity contribution is 1.20. The summed E-state index contributed by atoms with van der Waals surface area (Å²) in [5, 5.41) is 2.64. The maximum absolute atomic E-state index is 4.88. The maximum Gasteiger partial charge on any atom is 0.0703 e. The molecule has 1 aliphatic rings. The highest BCUT2D eigenvalue weighted by atomic mass is 15.2. The lowest BCUT2D eigenvalue weighted by atomic mass is 9.99. The lowest BCUT2D eigenvalue weighted by Crippen LogP contribution is -2.10. The van der Waals surface area contributed by atoms with Crippen LogP contribution in [0.3, 0.4) is 0 Å². The molecule has 0 radical (unpaired) electrons. The van der Waals surface area contributed by atoms with Gasteiger partial charge in [-0.1, -0.05) is 66.7 Å². The molecule has 7 rings (SSSR count). The molecular weight excluding hydrogens is 426 g/mol. The molecule has 3 nitrogen and oxygen atoms in total. The van der Waals surface area contributed by atoms with Crippen LogP contribution in [0, 0.1) is 0 Å². The van der Waals surface area contributed by atoms with Gasteiger partial charge in [0.1, 0.15) is 0 Å². The Morgan fingerprint density at radius 1 is 0.514 bits per heavy atom. The van der Waals surface area contributed by atoms with Gasteiger partial charge in [0.05, 0.1) is 29.5 Å². The number of anilines is 3. The van der Waals surface area contributed by atoms with E-state index in [0.717, 1.165) is 28.3 Å². The summed E-state index contributed by atoms with van der Waals surface area (Å²) >= 11 is 0. The summed E-state index contributed by atoms with van der Waals surface area (Å²) in [5.41, 5.74) is 10.3. The van der Waals surface area contributed by atoms with Crippen LogP contribution in [0.25, 0.3) is 44.3 Å². The minimum absolute atomic E-state index is 0.957. The average Bonchev–Trinajstić information content (AvgIpc) is 3.25. The third-order valence-corrected chi connectivity index (χ3v) is 6.72. The first-order valence-corrected chi connectivity index (χ1v) is 11.7. The van der Waals surface area contributed by atoms with Crippen LogP contribution < -0.4 is 4.90 Å². The number of fused-ring (bicyclic) bond motifs is 3. The molecular formula is C32H21N3. The summed E-state index contributed by atoms with van der Waals surface area (Å²) in [7, 11) is 0. The number of benzene rings is 4. The second-order valence-corrected chi connectivity index (χ2v) is 8.75. The molecule has 3 heteroatoms. The predicted octanol–water partition coefficient (Wildman–Crippen LogP) is 8.41. The third kappa shape index (κ3) is 3.21. The van der Waals surface area contributed by atoms with Crippen molar-refractivity contribution in [3.63, 3.8) is 0 Å². The van der Waals surface area contributed by atoms with E-state index in [-0.39, 0.29) is 0 Å². The molecule has 164 valence electrons. The highest BCUT2D eigenvalue weighted by Gasteiger charge is 2.21. The fraction of sp³-hybridized carbons (Fsp3) is 0. The fourth-order valence-corrected chi connectivity index (χ4v) is 5.15. The SMILES string of the molecule is c1ccc(N(c2cccnc2)c2ccc(-c3ccc4c(c3)-c3cccc5cccc-4c35)nc2)cc1. The zero-order valence-electron chi connectivity index (χ0n) is 19.0. The van der Waals surface area contributed by atoms with Gasteiger partial charge >= 0.3 is 0 Å². The minimum Gasteiger partial charge on any atom is -0.307 e. The predicted molar refractivity (Wildman–Crippen MR) is 144 cm³/mol. The zero-order valence-corrected chi connectivity index (χ0v) is 19.0. The molecule has 2 aromatic heterocycles. The Morgan fingerprint density at radius 2 is 1.29 bits per heavy atom. The van der Waals surface area contributed by atoms with Crippen molar-refractivity contribution in [2.24, 2.45) is 0 Å². The quantitative estimate of drug-likeness (QED) is 0.271. The van der Waals surface area contributed by atoms with Crippen LogP contribution in [0.15, 0.2) is 128 Å². The van der Waals surface area contributed by atoms with Crippen molar-refractivity contribution < 1.29 is 0 Å². The molecule has 4 aromatic carbocycles. The van der Waals surface area contributed by atoms with Crippen molar-refractivity contribution in [2.75, 3.05) is 4.90 Å². The Labute approximate surface area is 204 Å². The van der Waals surface area contributed by atoms with E-state index < -0.39 is 0 Å². The van der Waals surface area contributed by atoms with Gasteiger partial charge in [-0.05, 0) is 75.5 Å². The molecule has 0 saturated heterocycles. The summed E-state index contributed by atoms with van der Waals surface area (Å²) in [4.78, 5) is 11.4. The van der Waals surface area contributed by atoms with Crippen LogP contribution in [0.5, 0.6) is 0 Å². The molecule has 1 aliphatic carbocycles. The Kier molecular flexibility index (Phi) is 4.46.